The molecule has 0 bridgehead atoms. The maximum absolute atomic E-state index is 11.9. The van der Waals surface area contributed by atoms with Crippen LogP contribution in [0.5, 0.6) is 5.75 Å². The Morgan fingerprint density at radius 2 is 1.93 bits per heavy atom. The molecule has 1 aromatic carbocycles. The smallest absolute Gasteiger partial charge is 0.179 e. The first kappa shape index (κ1) is 11.7. The van der Waals surface area contributed by atoms with Gasteiger partial charge in [0.15, 0.2) is 5.78 Å². The first-order chi connectivity index (χ1) is 7.19. The van der Waals surface area contributed by atoms with Gasteiger partial charge in [-0.2, -0.15) is 0 Å². The Kier molecular flexibility index (Phi) is 4.31. The number of hydrogen-bond donors (Lipinski definition) is 2. The lowest BCUT2D eigenvalue weighted by Crippen LogP contribution is -2.35. The van der Waals surface area contributed by atoms with Crippen molar-refractivity contribution in [1.82, 2.24) is 5.32 Å². The molecule has 15 heavy (non-hydrogen) atoms. The van der Waals surface area contributed by atoms with Crippen LogP contribution in [0.2, 0.25) is 0 Å². The molecule has 0 aliphatic carbocycles. The van der Waals surface area contributed by atoms with Crippen LogP contribution in [0.15, 0.2) is 24.3 Å². The minimum absolute atomic E-state index is 0.0827. The van der Waals surface area contributed by atoms with Gasteiger partial charge in [-0.1, -0.05) is 13.8 Å². The van der Waals surface area contributed by atoms with Crippen molar-refractivity contribution in [2.75, 3.05) is 6.54 Å². The second-order valence-electron chi connectivity index (χ2n) is 3.43. The molecular formula is C12H17NO2. The van der Waals surface area contributed by atoms with E-state index in [0.29, 0.717) is 5.56 Å². The number of likely N-dealkylation sites (N-methyl/N-ethyl adjacent to an activating group) is 1. The van der Waals surface area contributed by atoms with E-state index in [1.807, 2.05) is 13.8 Å². The topological polar surface area (TPSA) is 49.3 Å². The average molecular weight is 207 g/mol. The number of nitrogens with one attached hydrogen (secondary N) is 1. The number of phenols is 1. The van der Waals surface area contributed by atoms with Gasteiger partial charge < -0.3 is 10.4 Å². The van der Waals surface area contributed by atoms with Gasteiger partial charge in [0.1, 0.15) is 5.75 Å². The molecule has 1 aromatic rings. The summed E-state index contributed by atoms with van der Waals surface area (Å²) in [4.78, 5) is 11.9. The van der Waals surface area contributed by atoms with E-state index in [9.17, 15) is 4.79 Å². The highest BCUT2D eigenvalue weighted by Gasteiger charge is 2.16. The molecule has 0 radical (unpaired) electrons. The van der Waals surface area contributed by atoms with Crippen molar-refractivity contribution >= 4 is 5.78 Å². The molecule has 0 aliphatic heterocycles. The molecule has 0 saturated carbocycles. The SMILES string of the molecule is CCNC(CC)C(=O)c1ccc(O)cc1. The van der Waals surface area contributed by atoms with E-state index < -0.39 is 0 Å². The number of Topliss-reactive ketones (excluding diaryl/α,β-unsaturated/α-hetero) is 1. The monoisotopic (exact) mass is 207 g/mol. The summed E-state index contributed by atoms with van der Waals surface area (Å²) in [6, 6.07) is 6.24. The van der Waals surface area contributed by atoms with Gasteiger partial charge in [-0.25, -0.2) is 0 Å². The lowest BCUT2D eigenvalue weighted by atomic mass is 10.0. The van der Waals surface area contributed by atoms with Gasteiger partial charge in [0.25, 0.3) is 0 Å². The van der Waals surface area contributed by atoms with Gasteiger partial charge in [0.05, 0.1) is 6.04 Å². The van der Waals surface area contributed by atoms with E-state index in [2.05, 4.69) is 5.32 Å². The van der Waals surface area contributed by atoms with Crippen molar-refractivity contribution in [2.24, 2.45) is 0 Å². The Morgan fingerprint density at radius 1 is 1.33 bits per heavy atom. The molecule has 1 rings (SSSR count). The van der Waals surface area contributed by atoms with Crippen LogP contribution in [0.25, 0.3) is 0 Å². The Morgan fingerprint density at radius 3 is 2.40 bits per heavy atom. The first-order valence-electron chi connectivity index (χ1n) is 5.25. The summed E-state index contributed by atoms with van der Waals surface area (Å²) in [5.41, 5.74) is 0.639. The van der Waals surface area contributed by atoms with E-state index >= 15 is 0 Å². The highest BCUT2D eigenvalue weighted by atomic mass is 16.3. The van der Waals surface area contributed by atoms with Gasteiger partial charge in [0, 0.05) is 5.56 Å². The zero-order valence-electron chi connectivity index (χ0n) is 9.16. The number of hydrogen-bond acceptors (Lipinski definition) is 3. The fraction of sp³-hybridized carbons (Fsp3) is 0.417. The molecule has 2 N–H and O–H groups in total. The summed E-state index contributed by atoms with van der Waals surface area (Å²) in [5, 5.41) is 12.2. The minimum Gasteiger partial charge on any atom is -0.508 e. The molecule has 3 heteroatoms. The molecule has 0 fully saturated rings. The van der Waals surface area contributed by atoms with E-state index in [4.69, 9.17) is 5.11 Å². The number of carbonyl (C=O) groups is 1. The van der Waals surface area contributed by atoms with Crippen molar-refractivity contribution in [3.63, 3.8) is 0 Å². The third kappa shape index (κ3) is 3.06. The highest BCUT2D eigenvalue weighted by molar-refractivity contribution is 6.00. The van der Waals surface area contributed by atoms with Crippen LogP contribution in [0, 0.1) is 0 Å². The van der Waals surface area contributed by atoms with Crippen LogP contribution >= 0.6 is 0 Å². The van der Waals surface area contributed by atoms with Crippen molar-refractivity contribution in [3.05, 3.63) is 29.8 Å². The molecule has 0 amide bonds. The molecule has 0 aliphatic rings. The maximum atomic E-state index is 11.9. The van der Waals surface area contributed by atoms with Crippen molar-refractivity contribution in [3.8, 4) is 5.75 Å². The Hall–Kier alpha value is -1.35. The van der Waals surface area contributed by atoms with Gasteiger partial charge >= 0.3 is 0 Å². The molecule has 1 unspecified atom stereocenters. The summed E-state index contributed by atoms with van der Waals surface area (Å²) >= 11 is 0. The molecule has 1 atom stereocenters. The van der Waals surface area contributed by atoms with Gasteiger partial charge in [-0.15, -0.1) is 0 Å². The van der Waals surface area contributed by atoms with E-state index in [-0.39, 0.29) is 17.6 Å². The zero-order valence-corrected chi connectivity index (χ0v) is 9.16. The maximum Gasteiger partial charge on any atom is 0.179 e. The molecule has 0 heterocycles. The zero-order chi connectivity index (χ0) is 11.3. The molecule has 82 valence electrons. The van der Waals surface area contributed by atoms with Crippen LogP contribution < -0.4 is 5.32 Å². The van der Waals surface area contributed by atoms with Gasteiger partial charge in [-0.3, -0.25) is 4.79 Å². The quantitative estimate of drug-likeness (QED) is 0.726. The largest absolute Gasteiger partial charge is 0.508 e. The Balaban J connectivity index is 2.78. The molecular weight excluding hydrogens is 190 g/mol. The van der Waals surface area contributed by atoms with Crippen molar-refractivity contribution in [2.45, 2.75) is 26.3 Å². The molecule has 3 nitrogen and oxygen atoms in total. The van der Waals surface area contributed by atoms with E-state index in [0.717, 1.165) is 13.0 Å². The average Bonchev–Trinajstić information content (AvgIpc) is 2.26. The Labute approximate surface area is 90.1 Å². The Bertz CT molecular complexity index is 319. The first-order valence-corrected chi connectivity index (χ1v) is 5.25. The summed E-state index contributed by atoms with van der Waals surface area (Å²) in [5.74, 6) is 0.266. The van der Waals surface area contributed by atoms with Gasteiger partial charge in [0.2, 0.25) is 0 Å². The summed E-state index contributed by atoms with van der Waals surface area (Å²) in [7, 11) is 0. The number of carbonyl (C=O) groups excluding carboxylic acids is 1. The number of benzene rings is 1. The van der Waals surface area contributed by atoms with E-state index in [1.165, 1.54) is 12.1 Å². The number of phenolic OH excluding ortho intramolecular Hbond substituents is 1. The van der Waals surface area contributed by atoms with Crippen LogP contribution in [0.3, 0.4) is 0 Å². The standard InChI is InChI=1S/C12H17NO2/c1-3-11(13-4-2)12(15)9-5-7-10(14)8-6-9/h5-8,11,13-14H,3-4H2,1-2H3. The molecule has 0 saturated heterocycles. The fourth-order valence-electron chi connectivity index (χ4n) is 1.50. The molecule has 0 spiro atoms. The predicted molar refractivity (Wildman–Crippen MR) is 60.2 cm³/mol. The van der Waals surface area contributed by atoms with E-state index in [1.54, 1.807) is 12.1 Å². The summed E-state index contributed by atoms with van der Waals surface area (Å²) < 4.78 is 0. The second kappa shape index (κ2) is 5.51. The number of rotatable bonds is 5. The third-order valence-electron chi connectivity index (χ3n) is 2.33. The van der Waals surface area contributed by atoms with Crippen LogP contribution in [-0.4, -0.2) is 23.5 Å². The lowest BCUT2D eigenvalue weighted by Gasteiger charge is -2.14. The van der Waals surface area contributed by atoms with Crippen LogP contribution in [0.4, 0.5) is 0 Å². The van der Waals surface area contributed by atoms with Gasteiger partial charge in [-0.05, 0) is 37.2 Å². The van der Waals surface area contributed by atoms with Crippen LogP contribution in [0.1, 0.15) is 30.6 Å². The fourth-order valence-corrected chi connectivity index (χ4v) is 1.50. The highest BCUT2D eigenvalue weighted by Crippen LogP contribution is 2.12. The van der Waals surface area contributed by atoms with Crippen molar-refractivity contribution in [1.29, 1.82) is 0 Å². The number of aromatic hydroxyl groups is 1. The second-order valence-corrected chi connectivity index (χ2v) is 3.43. The predicted octanol–water partition coefficient (Wildman–Crippen LogP) is 1.96. The summed E-state index contributed by atoms with van der Waals surface area (Å²) in [6.45, 7) is 4.74. The third-order valence-corrected chi connectivity index (χ3v) is 2.33. The minimum atomic E-state index is -0.125. The van der Waals surface area contributed by atoms with Crippen LogP contribution in [-0.2, 0) is 0 Å². The normalized spacial score (nSPS) is 12.4. The lowest BCUT2D eigenvalue weighted by molar-refractivity contribution is 0.0941. The number of ketones is 1. The summed E-state index contributed by atoms with van der Waals surface area (Å²) in [6.07, 6.45) is 0.771. The van der Waals surface area contributed by atoms with Crippen molar-refractivity contribution < 1.29 is 9.90 Å². The molecule has 0 aromatic heterocycles.